The van der Waals surface area contributed by atoms with E-state index in [-0.39, 0.29) is 11.2 Å². The fourth-order valence-corrected chi connectivity index (χ4v) is 3.49. The van der Waals surface area contributed by atoms with Crippen LogP contribution in [-0.4, -0.2) is 25.2 Å². The van der Waals surface area contributed by atoms with Crippen LogP contribution in [0.3, 0.4) is 0 Å². The zero-order valence-electron chi connectivity index (χ0n) is 16.0. The zero-order valence-corrected chi connectivity index (χ0v) is 19.9. The summed E-state index contributed by atoms with van der Waals surface area (Å²) in [6.45, 7) is 1.76. The van der Waals surface area contributed by atoms with Gasteiger partial charge in [0.05, 0.1) is 11.4 Å². The molecular weight excluding hydrogens is 515 g/mol. The van der Waals surface area contributed by atoms with Gasteiger partial charge >= 0.3 is 0 Å². The highest BCUT2D eigenvalue weighted by molar-refractivity contribution is 9.10. The van der Waals surface area contributed by atoms with Gasteiger partial charge in [0.25, 0.3) is 11.5 Å². The maximum absolute atomic E-state index is 13.1. The third-order valence-electron chi connectivity index (χ3n) is 4.55. The number of aromatic nitrogens is 2. The first-order chi connectivity index (χ1) is 14.1. The average Bonchev–Trinajstić information content (AvgIpc) is 2.91. The first-order valence-electron chi connectivity index (χ1n) is 8.83. The lowest BCUT2D eigenvalue weighted by Gasteiger charge is -2.27. The molecule has 1 atom stereocenters. The minimum absolute atomic E-state index is 0.216. The third-order valence-corrected chi connectivity index (χ3v) is 5.74. The van der Waals surface area contributed by atoms with Gasteiger partial charge in [-0.05, 0) is 43.3 Å². The number of nitrogens with one attached hydrogen (secondary N) is 2. The molecule has 2 N–H and O–H groups in total. The minimum atomic E-state index is -1.92. The van der Waals surface area contributed by atoms with Gasteiger partial charge in [-0.1, -0.05) is 68.9 Å². The van der Waals surface area contributed by atoms with Gasteiger partial charge in [-0.15, -0.1) is 0 Å². The van der Waals surface area contributed by atoms with Gasteiger partial charge in [-0.2, -0.15) is 0 Å². The van der Waals surface area contributed by atoms with Crippen molar-refractivity contribution in [1.29, 1.82) is 0 Å². The van der Waals surface area contributed by atoms with Gasteiger partial charge in [0.15, 0.2) is 0 Å². The molecule has 0 aliphatic carbocycles. The molecule has 0 radical (unpaired) electrons. The Morgan fingerprint density at radius 3 is 2.23 bits per heavy atom. The number of para-hydroxylation sites is 1. The standard InChI is InChI=1S/C20H18BrCl3N4O2/c1-12-16(18(30)28(27(12)2)15-6-4-3-5-7-15)25-19(20(22,23)24)26-17(29)13-8-10-14(21)11-9-13/h3-11,19,25H,1-2H3,(H,26,29). The van der Waals surface area contributed by atoms with E-state index in [1.807, 2.05) is 30.3 Å². The van der Waals surface area contributed by atoms with E-state index in [1.54, 1.807) is 42.9 Å². The largest absolute Gasteiger partial charge is 0.356 e. The summed E-state index contributed by atoms with van der Waals surface area (Å²) in [7, 11) is 1.75. The number of rotatable bonds is 5. The molecule has 0 aliphatic heterocycles. The molecule has 0 aliphatic rings. The van der Waals surface area contributed by atoms with E-state index in [0.717, 1.165) is 4.47 Å². The van der Waals surface area contributed by atoms with Crippen LogP contribution in [0.15, 0.2) is 63.9 Å². The summed E-state index contributed by atoms with van der Waals surface area (Å²) in [6, 6.07) is 15.9. The van der Waals surface area contributed by atoms with E-state index in [0.29, 0.717) is 16.9 Å². The van der Waals surface area contributed by atoms with E-state index < -0.39 is 15.9 Å². The van der Waals surface area contributed by atoms with Gasteiger partial charge in [0.2, 0.25) is 3.79 Å². The van der Waals surface area contributed by atoms with Crippen molar-refractivity contribution in [2.75, 3.05) is 5.32 Å². The van der Waals surface area contributed by atoms with Gasteiger partial charge in [0, 0.05) is 17.1 Å². The molecule has 0 spiro atoms. The van der Waals surface area contributed by atoms with E-state index in [2.05, 4.69) is 26.6 Å². The van der Waals surface area contributed by atoms with E-state index in [9.17, 15) is 9.59 Å². The summed E-state index contributed by atoms with van der Waals surface area (Å²) < 4.78 is 2.09. The second-order valence-electron chi connectivity index (χ2n) is 6.54. The molecular formula is C20H18BrCl3N4O2. The number of amides is 1. The molecule has 6 nitrogen and oxygen atoms in total. The Hall–Kier alpha value is -1.93. The van der Waals surface area contributed by atoms with Crippen molar-refractivity contribution in [3.05, 3.63) is 80.7 Å². The summed E-state index contributed by atoms with van der Waals surface area (Å²) in [5, 5.41) is 5.55. The van der Waals surface area contributed by atoms with Crippen LogP contribution in [0.4, 0.5) is 5.69 Å². The predicted molar refractivity (Wildman–Crippen MR) is 125 cm³/mol. The normalized spacial score (nSPS) is 12.5. The van der Waals surface area contributed by atoms with E-state index in [4.69, 9.17) is 34.8 Å². The summed E-state index contributed by atoms with van der Waals surface area (Å²) in [4.78, 5) is 25.7. The Balaban J connectivity index is 1.94. The predicted octanol–water partition coefficient (Wildman–Crippen LogP) is 4.79. The Labute approximate surface area is 196 Å². The van der Waals surface area contributed by atoms with Crippen LogP contribution in [0.1, 0.15) is 16.1 Å². The fourth-order valence-electron chi connectivity index (χ4n) is 2.89. The van der Waals surface area contributed by atoms with Crippen LogP contribution in [0.25, 0.3) is 5.69 Å². The van der Waals surface area contributed by atoms with Crippen molar-refractivity contribution in [1.82, 2.24) is 14.7 Å². The Morgan fingerprint density at radius 2 is 1.67 bits per heavy atom. The molecule has 0 saturated heterocycles. The molecule has 1 amide bonds. The second kappa shape index (κ2) is 9.06. The molecule has 0 bridgehead atoms. The molecule has 0 saturated carbocycles. The van der Waals surface area contributed by atoms with Crippen molar-refractivity contribution >= 4 is 62.3 Å². The molecule has 158 valence electrons. The smallest absolute Gasteiger partial charge is 0.295 e. The van der Waals surface area contributed by atoms with Gasteiger partial charge in [-0.3, -0.25) is 14.3 Å². The molecule has 10 heteroatoms. The van der Waals surface area contributed by atoms with Crippen LogP contribution in [-0.2, 0) is 7.05 Å². The second-order valence-corrected chi connectivity index (χ2v) is 9.82. The minimum Gasteiger partial charge on any atom is -0.356 e. The van der Waals surface area contributed by atoms with Crippen LogP contribution >= 0.6 is 50.7 Å². The van der Waals surface area contributed by atoms with Crippen molar-refractivity contribution < 1.29 is 4.79 Å². The molecule has 1 unspecified atom stereocenters. The maximum Gasteiger partial charge on any atom is 0.295 e. The zero-order chi connectivity index (χ0) is 22.1. The van der Waals surface area contributed by atoms with Crippen molar-refractivity contribution in [2.24, 2.45) is 7.05 Å². The Bertz CT molecular complexity index is 1110. The summed E-state index contributed by atoms with van der Waals surface area (Å²) in [5.41, 5.74) is 1.56. The van der Waals surface area contributed by atoms with Gasteiger partial charge in [0.1, 0.15) is 11.9 Å². The van der Waals surface area contributed by atoms with Crippen LogP contribution in [0, 0.1) is 6.92 Å². The molecule has 0 fully saturated rings. The number of halogens is 4. The highest BCUT2D eigenvalue weighted by Crippen LogP contribution is 2.31. The number of carbonyl (C=O) groups excluding carboxylic acids is 1. The topological polar surface area (TPSA) is 68.1 Å². The number of benzene rings is 2. The average molecular weight is 533 g/mol. The highest BCUT2D eigenvalue weighted by Gasteiger charge is 2.36. The van der Waals surface area contributed by atoms with Crippen molar-refractivity contribution in [2.45, 2.75) is 16.9 Å². The lowest BCUT2D eigenvalue weighted by atomic mass is 10.2. The number of carbonyl (C=O) groups is 1. The number of nitrogens with zero attached hydrogens (tertiary/aromatic N) is 2. The van der Waals surface area contributed by atoms with Gasteiger partial charge < -0.3 is 10.6 Å². The molecule has 30 heavy (non-hydrogen) atoms. The van der Waals surface area contributed by atoms with Crippen molar-refractivity contribution in [3.63, 3.8) is 0 Å². The monoisotopic (exact) mass is 530 g/mol. The Morgan fingerprint density at radius 1 is 1.07 bits per heavy atom. The summed E-state index contributed by atoms with van der Waals surface area (Å²) in [6.07, 6.45) is -1.16. The van der Waals surface area contributed by atoms with Crippen LogP contribution in [0.5, 0.6) is 0 Å². The SMILES string of the molecule is Cc1c(NC(NC(=O)c2ccc(Br)cc2)C(Cl)(Cl)Cl)c(=O)n(-c2ccccc2)n1C. The summed E-state index contributed by atoms with van der Waals surface area (Å²) >= 11 is 21.6. The fraction of sp³-hybridized carbons (Fsp3) is 0.200. The van der Waals surface area contributed by atoms with E-state index >= 15 is 0 Å². The lowest BCUT2D eigenvalue weighted by molar-refractivity contribution is 0.0942. The number of anilines is 1. The lowest BCUT2D eigenvalue weighted by Crippen LogP contribution is -2.49. The van der Waals surface area contributed by atoms with Gasteiger partial charge in [-0.25, -0.2) is 4.68 Å². The molecule has 1 heterocycles. The molecule has 3 rings (SSSR count). The maximum atomic E-state index is 13.1. The number of alkyl halides is 3. The number of hydrogen-bond acceptors (Lipinski definition) is 3. The van der Waals surface area contributed by atoms with Crippen LogP contribution < -0.4 is 16.2 Å². The number of hydrogen-bond donors (Lipinski definition) is 2. The Kier molecular flexibility index (Phi) is 6.87. The van der Waals surface area contributed by atoms with Crippen molar-refractivity contribution in [3.8, 4) is 5.69 Å². The molecule has 2 aromatic carbocycles. The highest BCUT2D eigenvalue weighted by atomic mass is 79.9. The first kappa shape index (κ1) is 22.7. The molecule has 3 aromatic rings. The first-order valence-corrected chi connectivity index (χ1v) is 10.8. The van der Waals surface area contributed by atoms with Crippen LogP contribution in [0.2, 0.25) is 0 Å². The van der Waals surface area contributed by atoms with E-state index in [1.165, 1.54) is 4.68 Å². The quantitative estimate of drug-likeness (QED) is 0.367. The molecule has 1 aromatic heterocycles. The third kappa shape index (κ3) is 4.86. The summed E-state index contributed by atoms with van der Waals surface area (Å²) in [5.74, 6) is -0.455.